The lowest BCUT2D eigenvalue weighted by Crippen LogP contribution is -2.28. The van der Waals surface area contributed by atoms with E-state index in [0.717, 1.165) is 22.8 Å². The van der Waals surface area contributed by atoms with E-state index in [9.17, 15) is 9.90 Å². The number of aliphatic hydroxyl groups is 1. The Morgan fingerprint density at radius 2 is 2.28 bits per heavy atom. The first-order chi connectivity index (χ1) is 8.74. The van der Waals surface area contributed by atoms with Gasteiger partial charge in [0.2, 0.25) is 5.91 Å². The van der Waals surface area contributed by atoms with Crippen molar-refractivity contribution in [1.29, 1.82) is 0 Å². The number of aliphatic hydroxyl groups excluding tert-OH is 1. The number of amides is 1. The highest BCUT2D eigenvalue weighted by Gasteiger charge is 2.28. The molecule has 0 bridgehead atoms. The Morgan fingerprint density at radius 1 is 1.44 bits per heavy atom. The predicted molar refractivity (Wildman–Crippen MR) is 66.2 cm³/mol. The van der Waals surface area contributed by atoms with Crippen LogP contribution in [-0.4, -0.2) is 48.3 Å². The van der Waals surface area contributed by atoms with Crippen molar-refractivity contribution in [2.24, 2.45) is 0 Å². The second-order valence-corrected chi connectivity index (χ2v) is 5.46. The third kappa shape index (κ3) is 2.18. The average molecular weight is 269 g/mol. The SMILES string of the molecule is O=C1CC(O)CN1CCc1scc2c1OCCO2. The lowest BCUT2D eigenvalue weighted by atomic mass is 10.3. The second-order valence-electron chi connectivity index (χ2n) is 4.50. The van der Waals surface area contributed by atoms with E-state index in [-0.39, 0.29) is 12.3 Å². The fourth-order valence-electron chi connectivity index (χ4n) is 2.29. The number of β-amino-alcohol motifs (C(OH)–C–C–N with tert-alkyl or cyclic N) is 1. The Bertz CT molecular complexity index is 459. The predicted octanol–water partition coefficient (Wildman–Crippen LogP) is 0.655. The topological polar surface area (TPSA) is 59.0 Å². The number of carbonyl (C=O) groups excluding carboxylic acids is 1. The van der Waals surface area contributed by atoms with Crippen LogP contribution < -0.4 is 9.47 Å². The van der Waals surface area contributed by atoms with Crippen LogP contribution in [0.2, 0.25) is 0 Å². The number of hydrogen-bond acceptors (Lipinski definition) is 5. The van der Waals surface area contributed by atoms with E-state index in [2.05, 4.69) is 0 Å². The molecule has 0 aromatic carbocycles. The van der Waals surface area contributed by atoms with Crippen LogP contribution in [0.25, 0.3) is 0 Å². The smallest absolute Gasteiger partial charge is 0.225 e. The van der Waals surface area contributed by atoms with Crippen molar-refractivity contribution >= 4 is 17.2 Å². The molecule has 1 atom stereocenters. The van der Waals surface area contributed by atoms with Gasteiger partial charge in [-0.05, 0) is 0 Å². The van der Waals surface area contributed by atoms with Gasteiger partial charge in [-0.15, -0.1) is 11.3 Å². The van der Waals surface area contributed by atoms with Crippen molar-refractivity contribution in [2.45, 2.75) is 18.9 Å². The summed E-state index contributed by atoms with van der Waals surface area (Å²) in [4.78, 5) is 14.4. The van der Waals surface area contributed by atoms with Crippen molar-refractivity contribution in [1.82, 2.24) is 4.90 Å². The third-order valence-electron chi connectivity index (χ3n) is 3.18. The molecule has 0 spiro atoms. The average Bonchev–Trinajstić information content (AvgIpc) is 2.90. The Hall–Kier alpha value is -1.27. The first-order valence-corrected chi connectivity index (χ1v) is 6.94. The van der Waals surface area contributed by atoms with E-state index in [1.54, 1.807) is 16.2 Å². The monoisotopic (exact) mass is 269 g/mol. The Balaban J connectivity index is 1.63. The van der Waals surface area contributed by atoms with E-state index in [1.807, 2.05) is 5.38 Å². The van der Waals surface area contributed by atoms with E-state index in [4.69, 9.17) is 9.47 Å². The fourth-order valence-corrected chi connectivity index (χ4v) is 3.19. The first kappa shape index (κ1) is 11.8. The molecule has 18 heavy (non-hydrogen) atoms. The quantitative estimate of drug-likeness (QED) is 0.875. The molecule has 1 fully saturated rings. The van der Waals surface area contributed by atoms with Gasteiger partial charge in [0.25, 0.3) is 0 Å². The molecular weight excluding hydrogens is 254 g/mol. The number of ether oxygens (including phenoxy) is 2. The highest BCUT2D eigenvalue weighted by molar-refractivity contribution is 7.10. The van der Waals surface area contributed by atoms with Crippen LogP contribution in [0.4, 0.5) is 0 Å². The van der Waals surface area contributed by atoms with Crippen LogP contribution in [0.5, 0.6) is 11.5 Å². The maximum absolute atomic E-state index is 11.5. The molecule has 1 aromatic rings. The molecule has 98 valence electrons. The molecule has 0 aliphatic carbocycles. The summed E-state index contributed by atoms with van der Waals surface area (Å²) in [6.07, 6.45) is 0.499. The fraction of sp³-hybridized carbons (Fsp3) is 0.583. The maximum Gasteiger partial charge on any atom is 0.225 e. The van der Waals surface area contributed by atoms with Gasteiger partial charge in [-0.3, -0.25) is 4.79 Å². The number of rotatable bonds is 3. The van der Waals surface area contributed by atoms with Gasteiger partial charge >= 0.3 is 0 Å². The summed E-state index contributed by atoms with van der Waals surface area (Å²) in [5.41, 5.74) is 0. The van der Waals surface area contributed by atoms with Gasteiger partial charge in [-0.1, -0.05) is 0 Å². The van der Waals surface area contributed by atoms with Crippen LogP contribution in [0.15, 0.2) is 5.38 Å². The molecule has 1 saturated heterocycles. The van der Waals surface area contributed by atoms with Crippen molar-refractivity contribution in [3.8, 4) is 11.5 Å². The molecule has 3 rings (SSSR count). The molecule has 3 heterocycles. The molecule has 0 saturated carbocycles. The van der Waals surface area contributed by atoms with Crippen molar-refractivity contribution < 1.29 is 19.4 Å². The summed E-state index contributed by atoms with van der Waals surface area (Å²) in [6.45, 7) is 2.26. The van der Waals surface area contributed by atoms with Crippen molar-refractivity contribution in [2.75, 3.05) is 26.3 Å². The highest BCUT2D eigenvalue weighted by atomic mass is 32.1. The molecule has 1 unspecified atom stereocenters. The Morgan fingerprint density at radius 3 is 3.06 bits per heavy atom. The number of nitrogens with zero attached hydrogens (tertiary/aromatic N) is 1. The number of carbonyl (C=O) groups is 1. The zero-order valence-corrected chi connectivity index (χ0v) is 10.7. The summed E-state index contributed by atoms with van der Waals surface area (Å²) in [5, 5.41) is 11.4. The number of likely N-dealkylation sites (tertiary alicyclic amines) is 1. The molecule has 0 radical (unpaired) electrons. The molecule has 1 amide bonds. The molecule has 2 aliphatic rings. The van der Waals surface area contributed by atoms with Crippen LogP contribution in [0.3, 0.4) is 0 Å². The molecule has 1 aromatic heterocycles. The molecule has 2 aliphatic heterocycles. The lowest BCUT2D eigenvalue weighted by molar-refractivity contribution is -0.127. The highest BCUT2D eigenvalue weighted by Crippen LogP contribution is 2.39. The van der Waals surface area contributed by atoms with Gasteiger partial charge in [0, 0.05) is 24.9 Å². The van der Waals surface area contributed by atoms with E-state index >= 15 is 0 Å². The largest absolute Gasteiger partial charge is 0.485 e. The zero-order valence-electron chi connectivity index (χ0n) is 9.92. The van der Waals surface area contributed by atoms with Gasteiger partial charge in [0.15, 0.2) is 11.5 Å². The normalized spacial score (nSPS) is 22.6. The van der Waals surface area contributed by atoms with Gasteiger partial charge in [0.05, 0.1) is 17.4 Å². The molecule has 6 heteroatoms. The lowest BCUT2D eigenvalue weighted by Gasteiger charge is -2.18. The zero-order chi connectivity index (χ0) is 12.5. The Kier molecular flexibility index (Phi) is 3.13. The van der Waals surface area contributed by atoms with Crippen molar-refractivity contribution in [3.05, 3.63) is 10.3 Å². The Labute approximate surface area is 109 Å². The summed E-state index contributed by atoms with van der Waals surface area (Å²) in [5.74, 6) is 1.68. The van der Waals surface area contributed by atoms with E-state index in [0.29, 0.717) is 26.3 Å². The minimum Gasteiger partial charge on any atom is -0.485 e. The van der Waals surface area contributed by atoms with Gasteiger partial charge < -0.3 is 19.5 Å². The molecule has 1 N–H and O–H groups in total. The number of fused-ring (bicyclic) bond motifs is 1. The van der Waals surface area contributed by atoms with E-state index in [1.165, 1.54) is 0 Å². The van der Waals surface area contributed by atoms with Crippen LogP contribution in [0, 0.1) is 0 Å². The molecule has 5 nitrogen and oxygen atoms in total. The minimum atomic E-state index is -0.505. The van der Waals surface area contributed by atoms with Gasteiger partial charge in [-0.25, -0.2) is 0 Å². The second kappa shape index (κ2) is 4.78. The molecular formula is C12H15NO4S. The van der Waals surface area contributed by atoms with Crippen LogP contribution in [0.1, 0.15) is 11.3 Å². The minimum absolute atomic E-state index is 0.0325. The van der Waals surface area contributed by atoms with E-state index < -0.39 is 6.10 Å². The third-order valence-corrected chi connectivity index (χ3v) is 4.18. The van der Waals surface area contributed by atoms with Crippen LogP contribution in [-0.2, 0) is 11.2 Å². The first-order valence-electron chi connectivity index (χ1n) is 6.06. The summed E-state index contributed by atoms with van der Waals surface area (Å²) >= 11 is 1.60. The van der Waals surface area contributed by atoms with Gasteiger partial charge in [-0.2, -0.15) is 0 Å². The van der Waals surface area contributed by atoms with Crippen molar-refractivity contribution in [3.63, 3.8) is 0 Å². The maximum atomic E-state index is 11.5. The van der Waals surface area contributed by atoms with Gasteiger partial charge in [0.1, 0.15) is 13.2 Å². The number of hydrogen-bond donors (Lipinski definition) is 1. The number of thiophene rings is 1. The summed E-state index contributed by atoms with van der Waals surface area (Å²) < 4.78 is 11.1. The summed E-state index contributed by atoms with van der Waals surface area (Å²) in [7, 11) is 0. The standard InChI is InChI=1S/C12H15NO4S/c14-8-5-11(15)13(6-8)2-1-10-12-9(7-18-10)16-3-4-17-12/h7-8,14H,1-6H2. The summed E-state index contributed by atoms with van der Waals surface area (Å²) in [6, 6.07) is 0. The van der Waals surface area contributed by atoms with Crippen LogP contribution >= 0.6 is 11.3 Å².